The number of carbonyl (C=O) groups is 2. The molecular formula is C33H35N3O6S2. The Morgan fingerprint density at radius 2 is 1.73 bits per heavy atom. The lowest BCUT2D eigenvalue weighted by molar-refractivity contribution is -0.245. The van der Waals surface area contributed by atoms with Crippen molar-refractivity contribution < 1.29 is 29.3 Å². The lowest BCUT2D eigenvalue weighted by atomic mass is 9.99. The third-order valence-corrected chi connectivity index (χ3v) is 9.35. The number of aliphatic carboxylic acids is 1. The maximum absolute atomic E-state index is 12.1. The number of aliphatic hydroxyl groups excluding tert-OH is 1. The van der Waals surface area contributed by atoms with E-state index in [0.29, 0.717) is 19.4 Å². The van der Waals surface area contributed by atoms with Gasteiger partial charge in [0.05, 0.1) is 18.8 Å². The summed E-state index contributed by atoms with van der Waals surface area (Å²) < 4.78 is 13.9. The second-order valence-corrected chi connectivity index (χ2v) is 13.0. The van der Waals surface area contributed by atoms with E-state index in [1.807, 2.05) is 79.7 Å². The SMILES string of the molecule is Cc1nnc(SC[C@H]2C[C@@H](c3ccc(CO)cc3)O[C@@H](c3ccc(-c4cccc(CNC(=O)CCCC(=O)O)c4)cc3)O2)s1. The quantitative estimate of drug-likeness (QED) is 0.147. The number of nitrogens with one attached hydrogen (secondary N) is 1. The molecule has 0 spiro atoms. The smallest absolute Gasteiger partial charge is 0.303 e. The van der Waals surface area contributed by atoms with Crippen molar-refractivity contribution in [1.29, 1.82) is 0 Å². The van der Waals surface area contributed by atoms with Crippen molar-refractivity contribution in [2.45, 2.75) is 68.6 Å². The van der Waals surface area contributed by atoms with Gasteiger partial charge in [0.15, 0.2) is 10.6 Å². The molecule has 1 aromatic heterocycles. The third kappa shape index (κ3) is 8.96. The van der Waals surface area contributed by atoms with E-state index in [-0.39, 0.29) is 37.6 Å². The molecule has 9 nitrogen and oxygen atoms in total. The van der Waals surface area contributed by atoms with Gasteiger partial charge in [-0.2, -0.15) is 0 Å². The van der Waals surface area contributed by atoms with Gasteiger partial charge in [-0.3, -0.25) is 9.59 Å². The van der Waals surface area contributed by atoms with Gasteiger partial charge in [-0.15, -0.1) is 10.2 Å². The molecule has 1 saturated heterocycles. The number of carboxylic acid groups (broad SMARTS) is 1. The molecule has 0 radical (unpaired) electrons. The second-order valence-electron chi connectivity index (χ2n) is 10.6. The highest BCUT2D eigenvalue weighted by molar-refractivity contribution is 8.01. The van der Waals surface area contributed by atoms with E-state index in [2.05, 4.69) is 15.5 Å². The Balaban J connectivity index is 1.26. The second kappa shape index (κ2) is 15.4. The van der Waals surface area contributed by atoms with E-state index in [1.54, 1.807) is 23.1 Å². The van der Waals surface area contributed by atoms with E-state index < -0.39 is 12.3 Å². The number of hydrogen-bond acceptors (Lipinski definition) is 9. The van der Waals surface area contributed by atoms with Crippen LogP contribution in [-0.4, -0.2) is 44.1 Å². The number of nitrogens with zero attached hydrogens (tertiary/aromatic N) is 2. The molecule has 1 amide bonds. The molecule has 3 aromatic carbocycles. The van der Waals surface area contributed by atoms with Crippen LogP contribution in [0.15, 0.2) is 77.1 Å². The minimum Gasteiger partial charge on any atom is -0.481 e. The molecule has 3 N–H and O–H groups in total. The predicted octanol–water partition coefficient (Wildman–Crippen LogP) is 6.21. The average molecular weight is 634 g/mol. The summed E-state index contributed by atoms with van der Waals surface area (Å²) >= 11 is 3.21. The molecule has 0 bridgehead atoms. The van der Waals surface area contributed by atoms with Crippen molar-refractivity contribution in [3.05, 3.63) is 100 Å². The summed E-state index contributed by atoms with van der Waals surface area (Å²) in [6.07, 6.45) is 0.402. The number of thioether (sulfide) groups is 1. The summed E-state index contributed by atoms with van der Waals surface area (Å²) in [5.74, 6) is -0.336. The van der Waals surface area contributed by atoms with Crippen LogP contribution in [0.25, 0.3) is 11.1 Å². The van der Waals surface area contributed by atoms with Crippen LogP contribution in [0.5, 0.6) is 0 Å². The summed E-state index contributed by atoms with van der Waals surface area (Å²) in [7, 11) is 0. The number of rotatable bonds is 13. The van der Waals surface area contributed by atoms with E-state index in [0.717, 1.165) is 48.5 Å². The van der Waals surface area contributed by atoms with Gasteiger partial charge in [0.25, 0.3) is 0 Å². The lowest BCUT2D eigenvalue weighted by Gasteiger charge is -2.36. The summed E-state index contributed by atoms with van der Waals surface area (Å²) in [6, 6.07) is 23.9. The van der Waals surface area contributed by atoms with Crippen LogP contribution < -0.4 is 5.32 Å². The lowest BCUT2D eigenvalue weighted by Crippen LogP contribution is -2.31. The minimum absolute atomic E-state index is 0.00341. The molecule has 3 atom stereocenters. The highest BCUT2D eigenvalue weighted by Gasteiger charge is 2.32. The molecule has 230 valence electrons. The zero-order valence-corrected chi connectivity index (χ0v) is 26.0. The molecule has 44 heavy (non-hydrogen) atoms. The summed E-state index contributed by atoms with van der Waals surface area (Å²) in [5.41, 5.74) is 5.81. The van der Waals surface area contributed by atoms with Gasteiger partial charge in [0, 0.05) is 37.1 Å². The molecule has 0 aliphatic carbocycles. The van der Waals surface area contributed by atoms with Crippen molar-refractivity contribution in [1.82, 2.24) is 15.5 Å². The Morgan fingerprint density at radius 3 is 2.43 bits per heavy atom. The number of carbonyl (C=O) groups excluding carboxylic acids is 1. The Hall–Kier alpha value is -3.61. The fourth-order valence-corrected chi connectivity index (χ4v) is 6.77. The number of aliphatic hydroxyl groups is 1. The molecule has 1 aliphatic rings. The first-order valence-electron chi connectivity index (χ1n) is 14.5. The third-order valence-electron chi connectivity index (χ3n) is 7.24. The highest BCUT2D eigenvalue weighted by Crippen LogP contribution is 2.40. The molecule has 5 rings (SSSR count). The summed E-state index contributed by atoms with van der Waals surface area (Å²) in [6.45, 7) is 2.31. The van der Waals surface area contributed by atoms with Gasteiger partial charge in [0.2, 0.25) is 5.91 Å². The van der Waals surface area contributed by atoms with E-state index in [4.69, 9.17) is 14.6 Å². The van der Waals surface area contributed by atoms with Crippen molar-refractivity contribution >= 4 is 35.0 Å². The Kier molecular flexibility index (Phi) is 11.1. The fraction of sp³-hybridized carbons (Fsp3) is 0.333. The van der Waals surface area contributed by atoms with Gasteiger partial charge < -0.3 is 25.0 Å². The van der Waals surface area contributed by atoms with E-state index in [9.17, 15) is 14.7 Å². The number of aromatic nitrogens is 2. The Bertz CT molecular complexity index is 1540. The highest BCUT2D eigenvalue weighted by atomic mass is 32.2. The normalized spacial score (nSPS) is 18.2. The summed E-state index contributed by atoms with van der Waals surface area (Å²) in [5, 5.41) is 30.4. The van der Waals surface area contributed by atoms with Gasteiger partial charge in [-0.05, 0) is 47.2 Å². The minimum atomic E-state index is -0.898. The molecule has 1 fully saturated rings. The predicted molar refractivity (Wildman–Crippen MR) is 169 cm³/mol. The van der Waals surface area contributed by atoms with Gasteiger partial charge in [0.1, 0.15) is 5.01 Å². The molecule has 4 aromatic rings. The van der Waals surface area contributed by atoms with Crippen LogP contribution in [0.1, 0.15) is 65.3 Å². The van der Waals surface area contributed by atoms with Crippen LogP contribution >= 0.6 is 23.1 Å². The number of amides is 1. The topological polar surface area (TPSA) is 131 Å². The van der Waals surface area contributed by atoms with Crippen LogP contribution in [0.3, 0.4) is 0 Å². The number of carboxylic acids is 1. The zero-order chi connectivity index (χ0) is 30.9. The number of aryl methyl sites for hydroxylation is 1. The summed E-state index contributed by atoms with van der Waals surface area (Å²) in [4.78, 5) is 22.7. The van der Waals surface area contributed by atoms with Gasteiger partial charge >= 0.3 is 5.97 Å². The van der Waals surface area contributed by atoms with E-state index >= 15 is 0 Å². The molecule has 1 aliphatic heterocycles. The number of ether oxygens (including phenoxy) is 2. The van der Waals surface area contributed by atoms with Crippen molar-refractivity contribution in [2.75, 3.05) is 5.75 Å². The standard InChI is InChI=1S/C33H35N3O6S2/c1-21-35-36-33(44-21)43-20-28-17-29(25-10-8-22(19-37)9-11-25)42-32(41-28)26-14-12-24(13-15-26)27-5-2-4-23(16-27)18-34-30(38)6-3-7-31(39)40/h2,4-5,8-16,28-29,32,37H,3,6-7,17-20H2,1H3,(H,34,38)(H,39,40)/t28-,29+,32+/m1/s1. The van der Waals surface area contributed by atoms with Crippen LogP contribution in [-0.2, 0) is 32.2 Å². The first kappa shape index (κ1) is 31.8. The number of hydrogen-bond donors (Lipinski definition) is 3. The van der Waals surface area contributed by atoms with Crippen LogP contribution in [0, 0.1) is 6.92 Å². The Morgan fingerprint density at radius 1 is 0.955 bits per heavy atom. The van der Waals surface area contributed by atoms with E-state index in [1.165, 1.54) is 0 Å². The maximum atomic E-state index is 12.1. The maximum Gasteiger partial charge on any atom is 0.303 e. The van der Waals surface area contributed by atoms with Crippen molar-refractivity contribution in [3.63, 3.8) is 0 Å². The Labute approximate surface area is 264 Å². The molecule has 0 unspecified atom stereocenters. The molecule has 0 saturated carbocycles. The molecular weight excluding hydrogens is 599 g/mol. The first-order valence-corrected chi connectivity index (χ1v) is 16.3. The van der Waals surface area contributed by atoms with Crippen molar-refractivity contribution in [3.8, 4) is 11.1 Å². The molecule has 2 heterocycles. The largest absolute Gasteiger partial charge is 0.481 e. The first-order chi connectivity index (χ1) is 21.4. The average Bonchev–Trinajstić information content (AvgIpc) is 3.47. The van der Waals surface area contributed by atoms with Crippen molar-refractivity contribution in [2.24, 2.45) is 0 Å². The monoisotopic (exact) mass is 633 g/mol. The molecule has 11 heteroatoms. The van der Waals surface area contributed by atoms with Crippen LogP contribution in [0.4, 0.5) is 0 Å². The zero-order valence-electron chi connectivity index (χ0n) is 24.3. The fourth-order valence-electron chi connectivity index (χ4n) is 4.91. The van der Waals surface area contributed by atoms with Gasteiger partial charge in [-0.25, -0.2) is 0 Å². The van der Waals surface area contributed by atoms with Gasteiger partial charge in [-0.1, -0.05) is 89.8 Å². The van der Waals surface area contributed by atoms with Crippen LogP contribution in [0.2, 0.25) is 0 Å². The number of benzene rings is 3.